The molecule has 0 aromatic heterocycles. The molecule has 3 nitrogen and oxygen atoms in total. The highest BCUT2D eigenvalue weighted by Gasteiger charge is 2.11. The maximum Gasteiger partial charge on any atom is 0.186 e. The average Bonchev–Trinajstić information content (AvgIpc) is 2.05. The highest BCUT2D eigenvalue weighted by molar-refractivity contribution is 7.95. The summed E-state index contributed by atoms with van der Waals surface area (Å²) in [4.78, 5) is 6.59. The molecule has 64 valence electrons. The van der Waals surface area contributed by atoms with Crippen molar-refractivity contribution in [3.05, 3.63) is 11.1 Å². The van der Waals surface area contributed by atoms with Crippen molar-refractivity contribution < 1.29 is 4.55 Å². The SMILES string of the molecule is C#CCN1C=C([S+](C)[O-])C=NC1. The van der Waals surface area contributed by atoms with Crippen molar-refractivity contribution in [2.75, 3.05) is 19.5 Å². The molecule has 0 N–H and O–H groups in total. The number of hydrogen-bond donors (Lipinski definition) is 0. The fourth-order valence-electron chi connectivity index (χ4n) is 0.851. The fourth-order valence-corrected chi connectivity index (χ4v) is 1.37. The quantitative estimate of drug-likeness (QED) is 0.451. The zero-order chi connectivity index (χ0) is 8.97. The number of hydrogen-bond acceptors (Lipinski definition) is 3. The molecule has 4 heteroatoms. The summed E-state index contributed by atoms with van der Waals surface area (Å²) >= 11 is -0.975. The summed E-state index contributed by atoms with van der Waals surface area (Å²) in [5.74, 6) is 2.51. The molecule has 0 saturated heterocycles. The lowest BCUT2D eigenvalue weighted by Gasteiger charge is -2.19. The first-order valence-electron chi connectivity index (χ1n) is 3.46. The number of terminal acetylenes is 1. The third-order valence-electron chi connectivity index (χ3n) is 1.42. The highest BCUT2D eigenvalue weighted by atomic mass is 32.2. The van der Waals surface area contributed by atoms with Crippen molar-refractivity contribution in [3.63, 3.8) is 0 Å². The van der Waals surface area contributed by atoms with Gasteiger partial charge in [-0.2, -0.15) is 0 Å². The molecule has 1 unspecified atom stereocenters. The van der Waals surface area contributed by atoms with Gasteiger partial charge < -0.3 is 9.45 Å². The van der Waals surface area contributed by atoms with Gasteiger partial charge in [-0.15, -0.1) is 6.42 Å². The Morgan fingerprint density at radius 2 is 2.67 bits per heavy atom. The van der Waals surface area contributed by atoms with Gasteiger partial charge in [0.05, 0.1) is 19.0 Å². The molecule has 1 atom stereocenters. The first kappa shape index (κ1) is 9.17. The molecule has 1 heterocycles. The van der Waals surface area contributed by atoms with Crippen LogP contribution in [-0.4, -0.2) is 35.1 Å². The highest BCUT2D eigenvalue weighted by Crippen LogP contribution is 2.07. The van der Waals surface area contributed by atoms with Gasteiger partial charge in [-0.05, 0) is 11.2 Å². The Hall–Kier alpha value is -0.920. The third kappa shape index (κ3) is 2.29. The Bertz CT molecular complexity index is 252. The van der Waals surface area contributed by atoms with Crippen LogP contribution in [0, 0.1) is 12.3 Å². The lowest BCUT2D eigenvalue weighted by molar-refractivity contribution is 0.432. The van der Waals surface area contributed by atoms with E-state index in [0.29, 0.717) is 13.2 Å². The van der Waals surface area contributed by atoms with Crippen LogP contribution in [0.4, 0.5) is 0 Å². The lowest BCUT2D eigenvalue weighted by atomic mass is 10.5. The van der Waals surface area contributed by atoms with E-state index in [0.717, 1.165) is 4.91 Å². The molecule has 0 radical (unpaired) electrons. The maximum atomic E-state index is 11.0. The summed E-state index contributed by atoms with van der Waals surface area (Å²) in [6.07, 6.45) is 10.2. The molecule has 1 aliphatic heterocycles. The predicted molar refractivity (Wildman–Crippen MR) is 51.0 cm³/mol. The molecule has 1 rings (SSSR count). The largest absolute Gasteiger partial charge is 0.612 e. The van der Waals surface area contributed by atoms with E-state index in [1.54, 1.807) is 18.7 Å². The van der Waals surface area contributed by atoms with E-state index in [1.807, 2.05) is 4.90 Å². The number of allylic oxidation sites excluding steroid dienone is 1. The molecule has 0 spiro atoms. The summed E-state index contributed by atoms with van der Waals surface area (Å²) in [5.41, 5.74) is 0. The smallest absolute Gasteiger partial charge is 0.186 e. The van der Waals surface area contributed by atoms with Crippen LogP contribution in [0.1, 0.15) is 0 Å². The second-order valence-electron chi connectivity index (χ2n) is 2.39. The minimum Gasteiger partial charge on any atom is -0.612 e. The van der Waals surface area contributed by atoms with E-state index in [2.05, 4.69) is 10.9 Å². The first-order valence-corrected chi connectivity index (χ1v) is 5.02. The van der Waals surface area contributed by atoms with Crippen molar-refractivity contribution in [2.24, 2.45) is 4.99 Å². The second kappa shape index (κ2) is 4.19. The van der Waals surface area contributed by atoms with Crippen LogP contribution >= 0.6 is 0 Å². The molecule has 0 aromatic carbocycles. The van der Waals surface area contributed by atoms with Gasteiger partial charge in [0.2, 0.25) is 0 Å². The van der Waals surface area contributed by atoms with E-state index in [-0.39, 0.29) is 0 Å². The zero-order valence-electron chi connectivity index (χ0n) is 6.86. The summed E-state index contributed by atoms with van der Waals surface area (Å²) < 4.78 is 11.0. The monoisotopic (exact) mass is 182 g/mol. The number of aliphatic imine (C=N–C) groups is 1. The Morgan fingerprint density at radius 3 is 3.25 bits per heavy atom. The van der Waals surface area contributed by atoms with Gasteiger partial charge in [-0.25, -0.2) is 0 Å². The minimum absolute atomic E-state index is 0.512. The summed E-state index contributed by atoms with van der Waals surface area (Å²) in [6.45, 7) is 1.07. The van der Waals surface area contributed by atoms with Crippen LogP contribution in [0.5, 0.6) is 0 Å². The van der Waals surface area contributed by atoms with Crippen LogP contribution in [0.25, 0.3) is 0 Å². The zero-order valence-corrected chi connectivity index (χ0v) is 7.67. The first-order chi connectivity index (χ1) is 5.74. The fraction of sp³-hybridized carbons (Fsp3) is 0.375. The number of rotatable bonds is 2. The molecule has 0 fully saturated rings. The third-order valence-corrected chi connectivity index (χ3v) is 2.29. The van der Waals surface area contributed by atoms with Crippen LogP contribution in [0.15, 0.2) is 16.1 Å². The molecular formula is C8H10N2OS. The normalized spacial score (nSPS) is 18.4. The van der Waals surface area contributed by atoms with Gasteiger partial charge in [-0.1, -0.05) is 5.92 Å². The minimum atomic E-state index is -0.975. The van der Waals surface area contributed by atoms with E-state index < -0.39 is 11.2 Å². The van der Waals surface area contributed by atoms with E-state index in [9.17, 15) is 4.55 Å². The van der Waals surface area contributed by atoms with Gasteiger partial charge >= 0.3 is 0 Å². The average molecular weight is 182 g/mol. The van der Waals surface area contributed by atoms with Crippen LogP contribution in [-0.2, 0) is 11.2 Å². The van der Waals surface area contributed by atoms with E-state index in [4.69, 9.17) is 6.42 Å². The molecule has 12 heavy (non-hydrogen) atoms. The standard InChI is InChI=1S/C8H10N2OS/c1-3-4-10-6-8(12(2)11)5-9-7-10/h1,5-6H,4,7H2,2H3. The second-order valence-corrected chi connectivity index (χ2v) is 3.77. The summed E-state index contributed by atoms with van der Waals surface area (Å²) in [7, 11) is 0. The Kier molecular flexibility index (Phi) is 3.20. The summed E-state index contributed by atoms with van der Waals surface area (Å²) in [5, 5.41) is 0. The lowest BCUT2D eigenvalue weighted by Crippen LogP contribution is -2.23. The van der Waals surface area contributed by atoms with Gasteiger partial charge in [0, 0.05) is 0 Å². The van der Waals surface area contributed by atoms with Crippen LogP contribution < -0.4 is 0 Å². The van der Waals surface area contributed by atoms with Crippen molar-refractivity contribution in [2.45, 2.75) is 0 Å². The Morgan fingerprint density at radius 1 is 1.92 bits per heavy atom. The van der Waals surface area contributed by atoms with E-state index in [1.165, 1.54) is 0 Å². The molecule has 0 bridgehead atoms. The van der Waals surface area contributed by atoms with Gasteiger partial charge in [-0.3, -0.25) is 4.99 Å². The summed E-state index contributed by atoms with van der Waals surface area (Å²) in [6, 6.07) is 0. The van der Waals surface area contributed by atoms with Gasteiger partial charge in [0.1, 0.15) is 12.9 Å². The van der Waals surface area contributed by atoms with Crippen LogP contribution in [0.3, 0.4) is 0 Å². The van der Waals surface area contributed by atoms with Crippen molar-refractivity contribution in [3.8, 4) is 12.3 Å². The topological polar surface area (TPSA) is 38.7 Å². The van der Waals surface area contributed by atoms with Crippen molar-refractivity contribution in [1.82, 2.24) is 4.90 Å². The Labute approximate surface area is 75.3 Å². The van der Waals surface area contributed by atoms with E-state index >= 15 is 0 Å². The molecule has 1 aliphatic rings. The van der Waals surface area contributed by atoms with Crippen LogP contribution in [0.2, 0.25) is 0 Å². The molecule has 0 saturated carbocycles. The molecular weight excluding hydrogens is 172 g/mol. The maximum absolute atomic E-state index is 11.0. The van der Waals surface area contributed by atoms with Crippen molar-refractivity contribution >= 4 is 17.4 Å². The molecule has 0 aliphatic carbocycles. The predicted octanol–water partition coefficient (Wildman–Crippen LogP) is 0.183. The van der Waals surface area contributed by atoms with Gasteiger partial charge in [0.25, 0.3) is 0 Å². The van der Waals surface area contributed by atoms with Crippen molar-refractivity contribution in [1.29, 1.82) is 0 Å². The molecule has 0 aromatic rings. The van der Waals surface area contributed by atoms with Gasteiger partial charge in [0.15, 0.2) is 4.91 Å². The molecule has 0 amide bonds. The Balaban J connectivity index is 2.64. The number of nitrogens with zero attached hydrogens (tertiary/aromatic N) is 2.